The van der Waals surface area contributed by atoms with Crippen molar-refractivity contribution in [2.45, 2.75) is 33.7 Å². The molecule has 2 aromatic heterocycles. The minimum Gasteiger partial charge on any atom is -0.338 e. The molecule has 31 heavy (non-hydrogen) atoms. The Morgan fingerprint density at radius 1 is 1.10 bits per heavy atom. The number of pyridine rings is 1. The molecule has 1 saturated heterocycles. The van der Waals surface area contributed by atoms with Gasteiger partial charge in [-0.1, -0.05) is 32.9 Å². The van der Waals surface area contributed by atoms with Gasteiger partial charge in [-0.3, -0.25) is 9.47 Å². The molecule has 3 aromatic rings. The van der Waals surface area contributed by atoms with Crippen LogP contribution in [0.3, 0.4) is 0 Å². The lowest BCUT2D eigenvalue weighted by Gasteiger charge is -2.34. The van der Waals surface area contributed by atoms with Crippen molar-refractivity contribution in [3.63, 3.8) is 0 Å². The third-order valence-electron chi connectivity index (χ3n) is 5.77. The Bertz CT molecular complexity index is 1020. The number of piperazine rings is 1. The average Bonchev–Trinajstić information content (AvgIpc) is 3.15. The highest BCUT2D eigenvalue weighted by Crippen LogP contribution is 2.22. The number of carbonyl (C=O) groups is 1. The summed E-state index contributed by atoms with van der Waals surface area (Å²) in [5.74, 6) is 1.44. The molecule has 0 saturated carbocycles. The highest BCUT2D eigenvalue weighted by Gasteiger charge is 2.23. The van der Waals surface area contributed by atoms with Crippen LogP contribution in [-0.2, 0) is 13.0 Å². The fourth-order valence-corrected chi connectivity index (χ4v) is 3.93. The number of nitrogens with zero attached hydrogens (tertiary/aromatic N) is 5. The molecule has 0 spiro atoms. The molecule has 3 heterocycles. The number of urea groups is 1. The number of hydrogen-bond acceptors (Lipinski definition) is 4. The molecule has 2 amide bonds. The van der Waals surface area contributed by atoms with Crippen molar-refractivity contribution >= 4 is 17.2 Å². The van der Waals surface area contributed by atoms with E-state index in [1.54, 1.807) is 0 Å². The number of benzene rings is 1. The minimum atomic E-state index is 0.0424. The standard InChI is InChI=1S/C24H32N6O/c1-4-19-7-9-20(10-8-19)30-22(27-21-6-5-11-25-23(21)30)17-28-12-14-29(15-13-28)24(31)26-16-18(2)3/h5-11,18H,4,12-17H2,1-3H3,(H,26,31). The first-order valence-electron chi connectivity index (χ1n) is 11.2. The van der Waals surface area contributed by atoms with Gasteiger partial charge < -0.3 is 10.2 Å². The maximum atomic E-state index is 12.3. The van der Waals surface area contributed by atoms with Crippen LogP contribution in [0.15, 0.2) is 42.6 Å². The number of rotatable bonds is 6. The van der Waals surface area contributed by atoms with Crippen molar-refractivity contribution < 1.29 is 4.79 Å². The zero-order valence-electron chi connectivity index (χ0n) is 18.7. The zero-order chi connectivity index (χ0) is 21.8. The number of hydrogen-bond donors (Lipinski definition) is 1. The third-order valence-corrected chi connectivity index (χ3v) is 5.77. The van der Waals surface area contributed by atoms with Gasteiger partial charge in [0.1, 0.15) is 11.3 Å². The van der Waals surface area contributed by atoms with Crippen molar-refractivity contribution in [3.8, 4) is 5.69 Å². The van der Waals surface area contributed by atoms with Gasteiger partial charge in [0.2, 0.25) is 0 Å². The molecule has 0 bridgehead atoms. The molecule has 0 atom stereocenters. The summed E-state index contributed by atoms with van der Waals surface area (Å²) in [6, 6.07) is 12.6. The summed E-state index contributed by atoms with van der Waals surface area (Å²) in [6.45, 7) is 10.9. The fourth-order valence-electron chi connectivity index (χ4n) is 3.93. The van der Waals surface area contributed by atoms with Gasteiger partial charge in [-0.15, -0.1) is 0 Å². The summed E-state index contributed by atoms with van der Waals surface area (Å²) >= 11 is 0. The second-order valence-electron chi connectivity index (χ2n) is 8.57. The molecule has 0 aliphatic carbocycles. The first kappa shape index (κ1) is 21.3. The number of fused-ring (bicyclic) bond motifs is 1. The number of aromatic nitrogens is 3. The van der Waals surface area contributed by atoms with Crippen LogP contribution < -0.4 is 5.32 Å². The molecule has 4 rings (SSSR count). The smallest absolute Gasteiger partial charge is 0.317 e. The van der Waals surface area contributed by atoms with Crippen LogP contribution in [0.2, 0.25) is 0 Å². The second kappa shape index (κ2) is 9.47. The predicted octanol–water partition coefficient (Wildman–Crippen LogP) is 3.47. The first-order valence-corrected chi connectivity index (χ1v) is 11.2. The monoisotopic (exact) mass is 420 g/mol. The Kier molecular flexibility index (Phi) is 6.51. The number of carbonyl (C=O) groups excluding carboxylic acids is 1. The van der Waals surface area contributed by atoms with E-state index in [0.717, 1.165) is 61.8 Å². The molecule has 1 aliphatic heterocycles. The summed E-state index contributed by atoms with van der Waals surface area (Å²) in [6.07, 6.45) is 2.84. The first-order chi connectivity index (χ1) is 15.0. The fraction of sp³-hybridized carbons (Fsp3) is 0.458. The van der Waals surface area contributed by atoms with Gasteiger partial charge in [0.15, 0.2) is 5.65 Å². The van der Waals surface area contributed by atoms with Gasteiger partial charge in [-0.05, 0) is 42.2 Å². The predicted molar refractivity (Wildman–Crippen MR) is 123 cm³/mol. The van der Waals surface area contributed by atoms with E-state index in [-0.39, 0.29) is 6.03 Å². The average molecular weight is 421 g/mol. The van der Waals surface area contributed by atoms with Gasteiger partial charge in [0.25, 0.3) is 0 Å². The Hall–Kier alpha value is -2.93. The quantitative estimate of drug-likeness (QED) is 0.663. The molecular weight excluding hydrogens is 388 g/mol. The topological polar surface area (TPSA) is 66.3 Å². The van der Waals surface area contributed by atoms with Crippen LogP contribution in [0, 0.1) is 5.92 Å². The van der Waals surface area contributed by atoms with E-state index < -0.39 is 0 Å². The van der Waals surface area contributed by atoms with E-state index in [2.05, 4.69) is 64.8 Å². The van der Waals surface area contributed by atoms with Crippen molar-refractivity contribution in [1.82, 2.24) is 29.7 Å². The van der Waals surface area contributed by atoms with Gasteiger partial charge >= 0.3 is 6.03 Å². The highest BCUT2D eigenvalue weighted by molar-refractivity contribution is 5.74. The SMILES string of the molecule is CCc1ccc(-n2c(CN3CCN(C(=O)NCC(C)C)CC3)nc3cccnc32)cc1. The van der Waals surface area contributed by atoms with Crippen molar-refractivity contribution in [2.75, 3.05) is 32.7 Å². The third kappa shape index (κ3) is 4.88. The van der Waals surface area contributed by atoms with E-state index in [1.165, 1.54) is 5.56 Å². The Morgan fingerprint density at radius 3 is 2.52 bits per heavy atom. The number of amides is 2. The molecular formula is C24H32N6O. The van der Waals surface area contributed by atoms with Crippen LogP contribution >= 0.6 is 0 Å². The molecule has 164 valence electrons. The largest absolute Gasteiger partial charge is 0.338 e. The lowest BCUT2D eigenvalue weighted by atomic mass is 10.1. The van der Waals surface area contributed by atoms with Crippen LogP contribution in [0.25, 0.3) is 16.9 Å². The van der Waals surface area contributed by atoms with Gasteiger partial charge in [-0.25, -0.2) is 14.8 Å². The van der Waals surface area contributed by atoms with Crippen LogP contribution in [0.5, 0.6) is 0 Å². The van der Waals surface area contributed by atoms with Crippen LogP contribution in [0.1, 0.15) is 32.2 Å². The molecule has 1 N–H and O–H groups in total. The lowest BCUT2D eigenvalue weighted by Crippen LogP contribution is -2.52. The number of nitrogens with one attached hydrogen (secondary N) is 1. The summed E-state index contributed by atoms with van der Waals surface area (Å²) in [5, 5.41) is 3.02. The lowest BCUT2D eigenvalue weighted by molar-refractivity contribution is 0.133. The van der Waals surface area contributed by atoms with Gasteiger partial charge in [0.05, 0.1) is 6.54 Å². The normalized spacial score (nSPS) is 15.0. The molecule has 0 radical (unpaired) electrons. The van der Waals surface area contributed by atoms with Crippen LogP contribution in [-0.4, -0.2) is 63.1 Å². The zero-order valence-corrected chi connectivity index (χ0v) is 18.7. The van der Waals surface area contributed by atoms with Gasteiger partial charge in [-0.2, -0.15) is 0 Å². The van der Waals surface area contributed by atoms with Crippen LogP contribution in [0.4, 0.5) is 4.79 Å². The number of imidazole rings is 1. The Labute approximate surface area is 184 Å². The summed E-state index contributed by atoms with van der Waals surface area (Å²) < 4.78 is 2.16. The molecule has 1 aliphatic rings. The van der Waals surface area contributed by atoms with Crippen molar-refractivity contribution in [3.05, 3.63) is 54.0 Å². The van der Waals surface area contributed by atoms with Crippen molar-refractivity contribution in [1.29, 1.82) is 0 Å². The molecule has 7 heteroatoms. The molecule has 7 nitrogen and oxygen atoms in total. The molecule has 1 aromatic carbocycles. The van der Waals surface area contributed by atoms with E-state index in [9.17, 15) is 4.79 Å². The molecule has 1 fully saturated rings. The second-order valence-corrected chi connectivity index (χ2v) is 8.57. The van der Waals surface area contributed by atoms with E-state index in [1.807, 2.05) is 23.2 Å². The van der Waals surface area contributed by atoms with Crippen molar-refractivity contribution in [2.24, 2.45) is 5.92 Å². The molecule has 0 unspecified atom stereocenters. The Morgan fingerprint density at radius 2 is 1.84 bits per heavy atom. The maximum absolute atomic E-state index is 12.3. The van der Waals surface area contributed by atoms with E-state index >= 15 is 0 Å². The highest BCUT2D eigenvalue weighted by atomic mass is 16.2. The number of aryl methyl sites for hydroxylation is 1. The van der Waals surface area contributed by atoms with E-state index in [0.29, 0.717) is 12.5 Å². The van der Waals surface area contributed by atoms with E-state index in [4.69, 9.17) is 4.98 Å². The summed E-state index contributed by atoms with van der Waals surface area (Å²) in [7, 11) is 0. The Balaban J connectivity index is 1.49. The maximum Gasteiger partial charge on any atom is 0.317 e. The minimum absolute atomic E-state index is 0.0424. The summed E-state index contributed by atoms with van der Waals surface area (Å²) in [4.78, 5) is 26.1. The van der Waals surface area contributed by atoms with Gasteiger partial charge in [0, 0.05) is 44.6 Å². The summed E-state index contributed by atoms with van der Waals surface area (Å²) in [5.41, 5.74) is 4.19.